The second-order valence-corrected chi connectivity index (χ2v) is 5.71. The lowest BCUT2D eigenvalue weighted by molar-refractivity contribution is 0.0785. The van der Waals surface area contributed by atoms with Crippen molar-refractivity contribution in [2.75, 3.05) is 26.7 Å². The molecule has 0 heterocycles. The van der Waals surface area contributed by atoms with E-state index in [2.05, 4.69) is 18.7 Å². The van der Waals surface area contributed by atoms with Gasteiger partial charge in [0.25, 0.3) is 0 Å². The third kappa shape index (κ3) is 5.36. The molecule has 3 heteroatoms. The van der Waals surface area contributed by atoms with E-state index in [1.165, 1.54) is 32.2 Å². The summed E-state index contributed by atoms with van der Waals surface area (Å²) in [5.41, 5.74) is 5.68. The molecule has 1 rings (SSSR count). The zero-order valence-electron chi connectivity index (χ0n) is 11.8. The molecule has 1 saturated carbocycles. The van der Waals surface area contributed by atoms with Gasteiger partial charge in [-0.1, -0.05) is 26.7 Å². The maximum Gasteiger partial charge on any atom is 0.0705 e. The predicted molar refractivity (Wildman–Crippen MR) is 73.1 cm³/mol. The minimum absolute atomic E-state index is 0.228. The van der Waals surface area contributed by atoms with Crippen LogP contribution in [0.3, 0.4) is 0 Å². The van der Waals surface area contributed by atoms with Crippen LogP contribution >= 0.6 is 0 Å². The molecular formula is C14H30N2O. The molecule has 1 aliphatic rings. The van der Waals surface area contributed by atoms with E-state index in [1.54, 1.807) is 7.11 Å². The summed E-state index contributed by atoms with van der Waals surface area (Å²) in [6.45, 7) is 7.60. The Bertz CT molecular complexity index is 187. The molecule has 3 nitrogen and oxygen atoms in total. The summed E-state index contributed by atoms with van der Waals surface area (Å²) in [5.74, 6) is 0.745. The first-order valence-electron chi connectivity index (χ1n) is 7.14. The van der Waals surface area contributed by atoms with Gasteiger partial charge in [-0.2, -0.15) is 0 Å². The maximum absolute atomic E-state index is 5.68. The summed E-state index contributed by atoms with van der Waals surface area (Å²) in [5, 5.41) is 0. The van der Waals surface area contributed by atoms with Gasteiger partial charge in [0.05, 0.1) is 6.10 Å². The lowest BCUT2D eigenvalue weighted by atomic mass is 10.1. The standard InChI is InChI=1S/C14H30N2O/c1-12(2)11-16(13-6-4-5-7-13)9-8-14(10-15)17-3/h12-14H,4-11,15H2,1-3H3. The number of hydrogen-bond donors (Lipinski definition) is 1. The second kappa shape index (κ2) is 8.06. The average Bonchev–Trinajstić information content (AvgIpc) is 2.81. The Labute approximate surface area is 107 Å². The highest BCUT2D eigenvalue weighted by Crippen LogP contribution is 2.24. The molecule has 1 fully saturated rings. The molecule has 17 heavy (non-hydrogen) atoms. The van der Waals surface area contributed by atoms with Crippen LogP contribution in [-0.4, -0.2) is 43.8 Å². The van der Waals surface area contributed by atoms with E-state index in [9.17, 15) is 0 Å². The van der Waals surface area contributed by atoms with Gasteiger partial charge in [-0.05, 0) is 25.2 Å². The first kappa shape index (κ1) is 14.9. The number of nitrogens with zero attached hydrogens (tertiary/aromatic N) is 1. The molecule has 0 amide bonds. The Hall–Kier alpha value is -0.120. The van der Waals surface area contributed by atoms with Crippen LogP contribution in [-0.2, 0) is 4.74 Å². The van der Waals surface area contributed by atoms with Gasteiger partial charge in [0.2, 0.25) is 0 Å². The quantitative estimate of drug-likeness (QED) is 0.709. The van der Waals surface area contributed by atoms with Crippen molar-refractivity contribution in [2.24, 2.45) is 11.7 Å². The van der Waals surface area contributed by atoms with Crippen molar-refractivity contribution < 1.29 is 4.74 Å². The Morgan fingerprint density at radius 2 is 1.94 bits per heavy atom. The topological polar surface area (TPSA) is 38.5 Å². The number of ether oxygens (including phenoxy) is 1. The minimum Gasteiger partial charge on any atom is -0.380 e. The van der Waals surface area contributed by atoms with E-state index >= 15 is 0 Å². The van der Waals surface area contributed by atoms with Crippen LogP contribution in [0.5, 0.6) is 0 Å². The smallest absolute Gasteiger partial charge is 0.0705 e. The van der Waals surface area contributed by atoms with Crippen LogP contribution in [0.4, 0.5) is 0 Å². The number of rotatable bonds is 8. The van der Waals surface area contributed by atoms with Gasteiger partial charge in [0.1, 0.15) is 0 Å². The van der Waals surface area contributed by atoms with Crippen molar-refractivity contribution in [3.8, 4) is 0 Å². The van der Waals surface area contributed by atoms with E-state index in [0.29, 0.717) is 6.54 Å². The highest BCUT2D eigenvalue weighted by Gasteiger charge is 2.23. The van der Waals surface area contributed by atoms with Crippen molar-refractivity contribution in [3.05, 3.63) is 0 Å². The first-order chi connectivity index (χ1) is 8.17. The van der Waals surface area contributed by atoms with Crippen molar-refractivity contribution in [1.82, 2.24) is 4.90 Å². The van der Waals surface area contributed by atoms with E-state index in [0.717, 1.165) is 24.9 Å². The molecule has 1 atom stereocenters. The van der Waals surface area contributed by atoms with E-state index in [-0.39, 0.29) is 6.10 Å². The minimum atomic E-state index is 0.228. The second-order valence-electron chi connectivity index (χ2n) is 5.71. The predicted octanol–water partition coefficient (Wildman–Crippen LogP) is 2.25. The fraction of sp³-hybridized carbons (Fsp3) is 1.00. The van der Waals surface area contributed by atoms with Crippen molar-refractivity contribution >= 4 is 0 Å². The zero-order chi connectivity index (χ0) is 12.7. The van der Waals surface area contributed by atoms with Gasteiger partial charge in [-0.15, -0.1) is 0 Å². The van der Waals surface area contributed by atoms with Crippen LogP contribution in [0.2, 0.25) is 0 Å². The first-order valence-corrected chi connectivity index (χ1v) is 7.14. The van der Waals surface area contributed by atoms with Crippen LogP contribution in [0.15, 0.2) is 0 Å². The zero-order valence-corrected chi connectivity index (χ0v) is 11.8. The van der Waals surface area contributed by atoms with Crippen LogP contribution < -0.4 is 5.73 Å². The molecule has 0 radical (unpaired) electrons. The van der Waals surface area contributed by atoms with Gasteiger partial charge >= 0.3 is 0 Å². The summed E-state index contributed by atoms with van der Waals surface area (Å²) in [4.78, 5) is 2.67. The van der Waals surface area contributed by atoms with Gasteiger partial charge in [0.15, 0.2) is 0 Å². The van der Waals surface area contributed by atoms with Gasteiger partial charge in [-0.25, -0.2) is 0 Å². The molecular weight excluding hydrogens is 212 g/mol. The maximum atomic E-state index is 5.68. The molecule has 0 aromatic heterocycles. The highest BCUT2D eigenvalue weighted by atomic mass is 16.5. The number of hydrogen-bond acceptors (Lipinski definition) is 3. The summed E-state index contributed by atoms with van der Waals surface area (Å²) in [6.07, 6.45) is 6.87. The Balaban J connectivity index is 2.39. The molecule has 0 aromatic rings. The van der Waals surface area contributed by atoms with E-state index < -0.39 is 0 Å². The van der Waals surface area contributed by atoms with Crippen molar-refractivity contribution in [1.29, 1.82) is 0 Å². The molecule has 0 aliphatic heterocycles. The van der Waals surface area contributed by atoms with Gasteiger partial charge in [0, 0.05) is 32.8 Å². The normalized spacial score (nSPS) is 19.4. The molecule has 1 aliphatic carbocycles. The summed E-state index contributed by atoms with van der Waals surface area (Å²) < 4.78 is 5.37. The Morgan fingerprint density at radius 3 is 2.41 bits per heavy atom. The average molecular weight is 242 g/mol. The summed E-state index contributed by atoms with van der Waals surface area (Å²) >= 11 is 0. The third-order valence-corrected chi connectivity index (χ3v) is 3.78. The summed E-state index contributed by atoms with van der Waals surface area (Å²) in [7, 11) is 1.76. The van der Waals surface area contributed by atoms with Crippen LogP contribution in [0, 0.1) is 5.92 Å². The molecule has 0 aromatic carbocycles. The molecule has 0 bridgehead atoms. The fourth-order valence-corrected chi connectivity index (χ4v) is 2.80. The van der Waals surface area contributed by atoms with E-state index in [1.807, 2.05) is 0 Å². The number of nitrogens with two attached hydrogens (primary N) is 1. The van der Waals surface area contributed by atoms with Crippen LogP contribution in [0.25, 0.3) is 0 Å². The monoisotopic (exact) mass is 242 g/mol. The molecule has 0 spiro atoms. The number of methoxy groups -OCH3 is 1. The summed E-state index contributed by atoms with van der Waals surface area (Å²) in [6, 6.07) is 0.813. The molecule has 1 unspecified atom stereocenters. The van der Waals surface area contributed by atoms with Gasteiger partial charge < -0.3 is 15.4 Å². The van der Waals surface area contributed by atoms with Gasteiger partial charge in [-0.3, -0.25) is 0 Å². The van der Waals surface area contributed by atoms with Crippen LogP contribution in [0.1, 0.15) is 46.0 Å². The largest absolute Gasteiger partial charge is 0.380 e. The SMILES string of the molecule is COC(CN)CCN(CC(C)C)C1CCCC1. The lowest BCUT2D eigenvalue weighted by Crippen LogP contribution is -2.39. The fourth-order valence-electron chi connectivity index (χ4n) is 2.80. The van der Waals surface area contributed by atoms with E-state index in [4.69, 9.17) is 10.5 Å². The highest BCUT2D eigenvalue weighted by molar-refractivity contribution is 4.79. The molecule has 0 saturated heterocycles. The Morgan fingerprint density at radius 1 is 1.29 bits per heavy atom. The third-order valence-electron chi connectivity index (χ3n) is 3.78. The molecule has 102 valence electrons. The van der Waals surface area contributed by atoms with Crippen molar-refractivity contribution in [2.45, 2.75) is 58.1 Å². The van der Waals surface area contributed by atoms with Crippen molar-refractivity contribution in [3.63, 3.8) is 0 Å². The lowest BCUT2D eigenvalue weighted by Gasteiger charge is -2.31. The molecule has 2 N–H and O–H groups in total. The Kier molecular flexibility index (Phi) is 7.09.